The van der Waals surface area contributed by atoms with Gasteiger partial charge in [0, 0.05) is 11.0 Å². The van der Waals surface area contributed by atoms with Gasteiger partial charge in [0.05, 0.1) is 5.02 Å². The first kappa shape index (κ1) is 20.1. The molecule has 1 aromatic rings. The molecule has 4 nitrogen and oxygen atoms in total. The molecule has 1 aliphatic rings. The summed E-state index contributed by atoms with van der Waals surface area (Å²) in [6.07, 6.45) is 1.75. The molecule has 1 aliphatic heterocycles. The number of hydrogen-bond donors (Lipinski definition) is 2. The summed E-state index contributed by atoms with van der Waals surface area (Å²) in [5, 5.41) is 3.39. The summed E-state index contributed by atoms with van der Waals surface area (Å²) in [6.45, 7) is 4.03. The van der Waals surface area contributed by atoms with Gasteiger partial charge in [0.1, 0.15) is 10.7 Å². The number of sulfonamides is 1. The van der Waals surface area contributed by atoms with Crippen LogP contribution in [0.25, 0.3) is 0 Å². The second-order valence-electron chi connectivity index (χ2n) is 5.58. The van der Waals surface area contributed by atoms with Crippen molar-refractivity contribution in [2.24, 2.45) is 5.41 Å². The maximum atomic E-state index is 13.9. The van der Waals surface area contributed by atoms with Crippen LogP contribution in [0.3, 0.4) is 0 Å². The zero-order valence-corrected chi connectivity index (χ0v) is 15.9. The van der Waals surface area contributed by atoms with E-state index in [4.69, 9.17) is 11.6 Å². The fourth-order valence-electron chi connectivity index (χ4n) is 2.26. The predicted molar refractivity (Wildman–Crippen MR) is 91.8 cm³/mol. The Morgan fingerprint density at radius 2 is 2.00 bits per heavy atom. The minimum atomic E-state index is -3.92. The molecule has 126 valence electrons. The summed E-state index contributed by atoms with van der Waals surface area (Å²) < 4.78 is 41.2. The van der Waals surface area contributed by atoms with E-state index in [9.17, 15) is 12.8 Å². The number of hydrogen-bond acceptors (Lipinski definition) is 3. The third-order valence-electron chi connectivity index (χ3n) is 3.76. The highest BCUT2D eigenvalue weighted by molar-refractivity contribution is 9.10. The minimum absolute atomic E-state index is 0. The van der Waals surface area contributed by atoms with Crippen molar-refractivity contribution in [1.82, 2.24) is 10.0 Å². The fourth-order valence-corrected chi connectivity index (χ4v) is 4.09. The van der Waals surface area contributed by atoms with E-state index in [0.717, 1.165) is 38.1 Å². The zero-order chi connectivity index (χ0) is 15.7. The molecule has 2 N–H and O–H groups in total. The van der Waals surface area contributed by atoms with Crippen LogP contribution >= 0.6 is 39.9 Å². The van der Waals surface area contributed by atoms with Gasteiger partial charge in [-0.05, 0) is 59.4 Å². The lowest BCUT2D eigenvalue weighted by Gasteiger charge is -2.34. The van der Waals surface area contributed by atoms with E-state index in [0.29, 0.717) is 4.47 Å². The van der Waals surface area contributed by atoms with Crippen LogP contribution in [0.2, 0.25) is 5.02 Å². The molecule has 0 aliphatic carbocycles. The number of rotatable bonds is 4. The Morgan fingerprint density at radius 3 is 2.59 bits per heavy atom. The highest BCUT2D eigenvalue weighted by atomic mass is 79.9. The summed E-state index contributed by atoms with van der Waals surface area (Å²) in [5.74, 6) is -0.825. The molecule has 1 fully saturated rings. The Balaban J connectivity index is 0.00000242. The van der Waals surface area contributed by atoms with E-state index < -0.39 is 20.7 Å². The standard InChI is InChI=1S/C13H17BrClFN2O2S.ClH/c1-13(2-4-17-5-3-13)8-18-21(19,20)12-7-10(15)9(14)6-11(12)16;/h6-7,17-18H,2-5,8H2,1H3;1H. The molecule has 0 bridgehead atoms. The molecule has 0 saturated carbocycles. The van der Waals surface area contributed by atoms with Gasteiger partial charge in [-0.15, -0.1) is 12.4 Å². The SMILES string of the molecule is CC1(CNS(=O)(=O)c2cc(Cl)c(Br)cc2F)CCNCC1.Cl. The van der Waals surface area contributed by atoms with E-state index in [-0.39, 0.29) is 29.4 Å². The topological polar surface area (TPSA) is 58.2 Å². The molecule has 0 amide bonds. The lowest BCUT2D eigenvalue weighted by atomic mass is 9.81. The summed E-state index contributed by atoms with van der Waals surface area (Å²) in [4.78, 5) is -0.423. The molecule has 0 atom stereocenters. The first-order valence-corrected chi connectivity index (χ1v) is 9.24. The lowest BCUT2D eigenvalue weighted by molar-refractivity contribution is 0.232. The van der Waals surface area contributed by atoms with Gasteiger partial charge in [0.25, 0.3) is 0 Å². The summed E-state index contributed by atoms with van der Waals surface area (Å²) in [6, 6.07) is 2.18. The molecule has 9 heteroatoms. The van der Waals surface area contributed by atoms with Crippen molar-refractivity contribution < 1.29 is 12.8 Å². The first-order valence-electron chi connectivity index (χ1n) is 6.58. The Hall–Kier alpha value is 0.0800. The third-order valence-corrected chi connectivity index (χ3v) is 6.38. The average Bonchev–Trinajstić information content (AvgIpc) is 2.42. The number of piperidine rings is 1. The quantitative estimate of drug-likeness (QED) is 0.713. The van der Waals surface area contributed by atoms with Crippen LogP contribution in [0.5, 0.6) is 0 Å². The van der Waals surface area contributed by atoms with Gasteiger partial charge in [0.2, 0.25) is 10.0 Å². The molecule has 0 spiro atoms. The Kier molecular flexibility index (Phi) is 7.11. The third kappa shape index (κ3) is 4.79. The fraction of sp³-hybridized carbons (Fsp3) is 0.538. The smallest absolute Gasteiger partial charge is 0.243 e. The van der Waals surface area contributed by atoms with E-state index in [1.165, 1.54) is 0 Å². The van der Waals surface area contributed by atoms with Gasteiger partial charge in [-0.25, -0.2) is 17.5 Å². The molecule has 0 aromatic heterocycles. The minimum Gasteiger partial charge on any atom is -0.317 e. The number of halogens is 4. The molecular formula is C13H18BrCl2FN2O2S. The summed E-state index contributed by atoms with van der Waals surface area (Å²) >= 11 is 8.92. The normalized spacial score (nSPS) is 17.8. The molecule has 0 unspecified atom stereocenters. The van der Waals surface area contributed by atoms with Crippen LogP contribution in [-0.2, 0) is 10.0 Å². The highest BCUT2D eigenvalue weighted by Crippen LogP contribution is 2.30. The van der Waals surface area contributed by atoms with Crippen LogP contribution in [0.15, 0.2) is 21.5 Å². The van der Waals surface area contributed by atoms with Crippen molar-refractivity contribution in [2.45, 2.75) is 24.7 Å². The molecule has 2 rings (SSSR count). The van der Waals surface area contributed by atoms with Gasteiger partial charge in [-0.3, -0.25) is 0 Å². The van der Waals surface area contributed by atoms with E-state index >= 15 is 0 Å². The predicted octanol–water partition coefficient (Wildman–Crippen LogP) is 3.33. The molecule has 1 heterocycles. The largest absolute Gasteiger partial charge is 0.317 e. The first-order chi connectivity index (χ1) is 9.73. The number of nitrogens with one attached hydrogen (secondary N) is 2. The van der Waals surface area contributed by atoms with E-state index in [1.807, 2.05) is 6.92 Å². The highest BCUT2D eigenvalue weighted by Gasteiger charge is 2.29. The zero-order valence-electron chi connectivity index (χ0n) is 12.0. The van der Waals surface area contributed by atoms with E-state index in [2.05, 4.69) is 26.0 Å². The summed E-state index contributed by atoms with van der Waals surface area (Å²) in [5.41, 5.74) is -0.117. The van der Waals surface area contributed by atoms with Crippen LogP contribution in [0.1, 0.15) is 19.8 Å². The molecule has 1 aromatic carbocycles. The van der Waals surface area contributed by atoms with Crippen molar-refractivity contribution in [3.05, 3.63) is 27.4 Å². The van der Waals surface area contributed by atoms with Gasteiger partial charge < -0.3 is 5.32 Å². The monoisotopic (exact) mass is 434 g/mol. The Labute approximate surface area is 149 Å². The van der Waals surface area contributed by atoms with Crippen LogP contribution in [0.4, 0.5) is 4.39 Å². The summed E-state index contributed by atoms with van der Waals surface area (Å²) in [7, 11) is -3.92. The van der Waals surface area contributed by atoms with Crippen molar-refractivity contribution in [3.8, 4) is 0 Å². The van der Waals surface area contributed by atoms with E-state index in [1.54, 1.807) is 0 Å². The van der Waals surface area contributed by atoms with Crippen molar-refractivity contribution in [1.29, 1.82) is 0 Å². The van der Waals surface area contributed by atoms with Crippen LogP contribution in [-0.4, -0.2) is 28.1 Å². The molecule has 0 radical (unpaired) electrons. The van der Waals surface area contributed by atoms with Crippen LogP contribution < -0.4 is 10.0 Å². The Morgan fingerprint density at radius 1 is 1.41 bits per heavy atom. The average molecular weight is 436 g/mol. The molecule has 1 saturated heterocycles. The van der Waals surface area contributed by atoms with Crippen molar-refractivity contribution in [2.75, 3.05) is 19.6 Å². The number of benzene rings is 1. The van der Waals surface area contributed by atoms with Crippen molar-refractivity contribution >= 4 is 50.0 Å². The maximum absolute atomic E-state index is 13.9. The maximum Gasteiger partial charge on any atom is 0.243 e. The Bertz CT molecular complexity index is 637. The van der Waals surface area contributed by atoms with Crippen molar-refractivity contribution in [3.63, 3.8) is 0 Å². The van der Waals surface area contributed by atoms with Gasteiger partial charge in [-0.1, -0.05) is 18.5 Å². The molecule has 22 heavy (non-hydrogen) atoms. The van der Waals surface area contributed by atoms with Gasteiger partial charge >= 0.3 is 0 Å². The lowest BCUT2D eigenvalue weighted by Crippen LogP contribution is -2.43. The molecular weight excluding hydrogens is 418 g/mol. The van der Waals surface area contributed by atoms with Gasteiger partial charge in [0.15, 0.2) is 0 Å². The second-order valence-corrected chi connectivity index (χ2v) is 8.58. The van der Waals surface area contributed by atoms with Crippen LogP contribution in [0, 0.1) is 11.2 Å². The van der Waals surface area contributed by atoms with Gasteiger partial charge in [-0.2, -0.15) is 0 Å². The second kappa shape index (κ2) is 7.77.